The average Bonchev–Trinajstić information content (AvgIpc) is 1.83. The van der Waals surface area contributed by atoms with Crippen molar-refractivity contribution in [3.8, 4) is 17.8 Å². The van der Waals surface area contributed by atoms with Gasteiger partial charge in [0.25, 0.3) is 0 Å². The Kier molecular flexibility index (Phi) is 3.81. The number of rotatable bonds is 0. The summed E-state index contributed by atoms with van der Waals surface area (Å²) in [5, 5.41) is 0. The average molecular weight is 105 g/mol. The van der Waals surface area contributed by atoms with Gasteiger partial charge in [0, 0.05) is 6.42 Å². The fourth-order valence-corrected chi connectivity index (χ4v) is 0.291. The SMILES string of the molecule is [C]#CC(C)C#CCC. The molecule has 0 spiro atoms. The highest BCUT2D eigenvalue weighted by Crippen LogP contribution is 1.86. The van der Waals surface area contributed by atoms with E-state index in [1.54, 1.807) is 0 Å². The third-order valence-corrected chi connectivity index (χ3v) is 0.712. The zero-order valence-electron chi connectivity index (χ0n) is 5.28. The molecule has 0 heteroatoms. The van der Waals surface area contributed by atoms with Crippen LogP contribution in [-0.4, -0.2) is 0 Å². The molecular weight excluding hydrogens is 96.1 g/mol. The quantitative estimate of drug-likeness (QED) is 0.411. The molecule has 0 heterocycles. The van der Waals surface area contributed by atoms with Gasteiger partial charge in [-0.3, -0.25) is 0 Å². The number of hydrogen-bond acceptors (Lipinski definition) is 0. The summed E-state index contributed by atoms with van der Waals surface area (Å²) in [6.07, 6.45) is 7.50. The van der Waals surface area contributed by atoms with Crippen LogP contribution in [0.2, 0.25) is 0 Å². The lowest BCUT2D eigenvalue weighted by Gasteiger charge is -1.83. The van der Waals surface area contributed by atoms with E-state index in [0.29, 0.717) is 0 Å². The molecule has 0 aliphatic carbocycles. The largest absolute Gasteiger partial charge is 0.102 e. The molecule has 0 N–H and O–H groups in total. The predicted octanol–water partition coefficient (Wildman–Crippen LogP) is 1.63. The van der Waals surface area contributed by atoms with E-state index in [9.17, 15) is 0 Å². The van der Waals surface area contributed by atoms with E-state index in [1.807, 2.05) is 13.8 Å². The smallest absolute Gasteiger partial charge is 0.0793 e. The molecule has 0 aromatic heterocycles. The van der Waals surface area contributed by atoms with Gasteiger partial charge in [0.2, 0.25) is 0 Å². The minimum Gasteiger partial charge on any atom is -0.102 e. The van der Waals surface area contributed by atoms with Crippen molar-refractivity contribution in [1.82, 2.24) is 0 Å². The minimum atomic E-state index is 0.00921. The molecule has 0 nitrogen and oxygen atoms in total. The van der Waals surface area contributed by atoms with E-state index in [-0.39, 0.29) is 5.92 Å². The Hall–Kier alpha value is -0.880. The Labute approximate surface area is 51.3 Å². The third-order valence-electron chi connectivity index (χ3n) is 0.712. The van der Waals surface area contributed by atoms with Gasteiger partial charge >= 0.3 is 0 Å². The molecule has 0 aliphatic heterocycles. The molecule has 1 unspecified atom stereocenters. The van der Waals surface area contributed by atoms with Crippen LogP contribution in [0.3, 0.4) is 0 Å². The monoisotopic (exact) mass is 105 g/mol. The maximum absolute atomic E-state index is 6.63. The fraction of sp³-hybridized carbons (Fsp3) is 0.500. The maximum Gasteiger partial charge on any atom is 0.0793 e. The summed E-state index contributed by atoms with van der Waals surface area (Å²) < 4.78 is 0. The summed E-state index contributed by atoms with van der Waals surface area (Å²) in [6, 6.07) is 0. The van der Waals surface area contributed by atoms with Gasteiger partial charge in [0.1, 0.15) is 0 Å². The third kappa shape index (κ3) is 3.32. The lowest BCUT2D eigenvalue weighted by atomic mass is 10.2. The summed E-state index contributed by atoms with van der Waals surface area (Å²) in [7, 11) is 0. The normalized spacial score (nSPS) is 10.6. The van der Waals surface area contributed by atoms with Crippen molar-refractivity contribution in [3.05, 3.63) is 6.42 Å². The molecule has 41 valence electrons. The summed E-state index contributed by atoms with van der Waals surface area (Å²) in [4.78, 5) is 0. The van der Waals surface area contributed by atoms with Crippen LogP contribution in [0.25, 0.3) is 0 Å². The van der Waals surface area contributed by atoms with Crippen molar-refractivity contribution in [1.29, 1.82) is 0 Å². The Morgan fingerprint density at radius 1 is 1.62 bits per heavy atom. The second-order valence-corrected chi connectivity index (χ2v) is 1.54. The van der Waals surface area contributed by atoms with Gasteiger partial charge in [-0.25, -0.2) is 0 Å². The van der Waals surface area contributed by atoms with Crippen LogP contribution < -0.4 is 0 Å². The first-order valence-corrected chi connectivity index (χ1v) is 2.72. The molecule has 1 atom stereocenters. The van der Waals surface area contributed by atoms with Crippen LogP contribution in [0.4, 0.5) is 0 Å². The Balaban J connectivity index is 3.56. The van der Waals surface area contributed by atoms with Crippen LogP contribution >= 0.6 is 0 Å². The minimum absolute atomic E-state index is 0.00921. The Bertz CT molecular complexity index is 138. The molecule has 0 rings (SSSR count). The van der Waals surface area contributed by atoms with Gasteiger partial charge in [-0.15, -0.1) is 5.92 Å². The zero-order chi connectivity index (χ0) is 6.41. The molecule has 0 aromatic rings. The molecule has 0 saturated heterocycles. The predicted molar refractivity (Wildman–Crippen MR) is 34.4 cm³/mol. The van der Waals surface area contributed by atoms with Crippen LogP contribution in [0.1, 0.15) is 20.3 Å². The number of hydrogen-bond donors (Lipinski definition) is 0. The van der Waals surface area contributed by atoms with Crippen LogP contribution in [-0.2, 0) is 0 Å². The van der Waals surface area contributed by atoms with E-state index in [1.165, 1.54) is 0 Å². The van der Waals surface area contributed by atoms with Crippen molar-refractivity contribution in [2.24, 2.45) is 5.92 Å². The lowest BCUT2D eigenvalue weighted by Crippen LogP contribution is -1.80. The highest BCUT2D eigenvalue weighted by Gasteiger charge is 1.82. The highest BCUT2D eigenvalue weighted by atomic mass is 13.8. The van der Waals surface area contributed by atoms with E-state index >= 15 is 0 Å². The molecule has 0 aromatic carbocycles. The van der Waals surface area contributed by atoms with E-state index in [0.717, 1.165) is 6.42 Å². The van der Waals surface area contributed by atoms with Crippen molar-refractivity contribution in [2.75, 3.05) is 0 Å². The molecule has 0 saturated carbocycles. The van der Waals surface area contributed by atoms with Gasteiger partial charge in [0.05, 0.1) is 5.92 Å². The van der Waals surface area contributed by atoms with Crippen LogP contribution in [0, 0.1) is 30.1 Å². The van der Waals surface area contributed by atoms with E-state index in [4.69, 9.17) is 6.42 Å². The first-order valence-electron chi connectivity index (χ1n) is 2.72. The first-order chi connectivity index (χ1) is 3.81. The molecule has 8 heavy (non-hydrogen) atoms. The standard InChI is InChI=1S/C8H9/c1-4-6-7-8(3)5-2/h8H,4H2,1,3H3. The second-order valence-electron chi connectivity index (χ2n) is 1.54. The summed E-state index contributed by atoms with van der Waals surface area (Å²) >= 11 is 0. The topological polar surface area (TPSA) is 0 Å². The van der Waals surface area contributed by atoms with Gasteiger partial charge in [-0.1, -0.05) is 18.8 Å². The summed E-state index contributed by atoms with van der Waals surface area (Å²) in [6.45, 7) is 3.85. The Morgan fingerprint density at radius 3 is 2.62 bits per heavy atom. The van der Waals surface area contributed by atoms with Crippen molar-refractivity contribution < 1.29 is 0 Å². The molecule has 0 bridgehead atoms. The second kappa shape index (κ2) is 4.28. The van der Waals surface area contributed by atoms with Gasteiger partial charge in [0.15, 0.2) is 0 Å². The Morgan fingerprint density at radius 2 is 2.25 bits per heavy atom. The van der Waals surface area contributed by atoms with Gasteiger partial charge in [-0.05, 0) is 13.3 Å². The van der Waals surface area contributed by atoms with Crippen molar-refractivity contribution in [2.45, 2.75) is 20.3 Å². The first kappa shape index (κ1) is 7.12. The maximum atomic E-state index is 6.63. The van der Waals surface area contributed by atoms with Crippen molar-refractivity contribution >= 4 is 0 Å². The van der Waals surface area contributed by atoms with Crippen LogP contribution in [0.15, 0.2) is 0 Å². The van der Waals surface area contributed by atoms with Gasteiger partial charge < -0.3 is 0 Å². The molecule has 0 amide bonds. The molecule has 1 radical (unpaired) electrons. The lowest BCUT2D eigenvalue weighted by molar-refractivity contribution is 1.02. The summed E-state index contributed by atoms with van der Waals surface area (Å²) in [5.41, 5.74) is 0. The van der Waals surface area contributed by atoms with E-state index in [2.05, 4.69) is 17.8 Å². The van der Waals surface area contributed by atoms with Crippen LogP contribution in [0.5, 0.6) is 0 Å². The zero-order valence-corrected chi connectivity index (χ0v) is 5.28. The fourth-order valence-electron chi connectivity index (χ4n) is 0.291. The summed E-state index contributed by atoms with van der Waals surface area (Å²) in [5.74, 6) is 7.99. The molecule has 0 fully saturated rings. The molecule has 0 aliphatic rings. The van der Waals surface area contributed by atoms with Crippen molar-refractivity contribution in [3.63, 3.8) is 0 Å². The van der Waals surface area contributed by atoms with E-state index < -0.39 is 0 Å². The van der Waals surface area contributed by atoms with Gasteiger partial charge in [-0.2, -0.15) is 0 Å². The molecular formula is C8H9. The highest BCUT2D eigenvalue weighted by molar-refractivity contribution is 5.10.